The number of benzene rings is 1. The van der Waals surface area contributed by atoms with Gasteiger partial charge < -0.3 is 10.3 Å². The maximum Gasteiger partial charge on any atom is 0.417 e. The fourth-order valence-electron chi connectivity index (χ4n) is 4.45. The van der Waals surface area contributed by atoms with Gasteiger partial charge in [0, 0.05) is 42.9 Å². The van der Waals surface area contributed by atoms with Gasteiger partial charge >= 0.3 is 6.18 Å². The lowest BCUT2D eigenvalue weighted by Gasteiger charge is -2.31. The lowest BCUT2D eigenvalue weighted by molar-refractivity contribution is -0.139. The number of H-pyrrole nitrogens is 1. The minimum atomic E-state index is -4.73. The van der Waals surface area contributed by atoms with Gasteiger partial charge in [-0.15, -0.1) is 0 Å². The summed E-state index contributed by atoms with van der Waals surface area (Å²) in [6.45, 7) is 0.921. The molecule has 1 aliphatic heterocycles. The van der Waals surface area contributed by atoms with E-state index in [1.54, 1.807) is 24.5 Å². The van der Waals surface area contributed by atoms with Crippen LogP contribution in [0, 0.1) is 5.92 Å². The lowest BCUT2D eigenvalue weighted by Crippen LogP contribution is -2.39. The van der Waals surface area contributed by atoms with Crippen molar-refractivity contribution in [3.8, 4) is 0 Å². The Morgan fingerprint density at radius 3 is 2.60 bits per heavy atom. The number of aromatic amines is 1. The topological polar surface area (TPSA) is 95.2 Å². The quantitative estimate of drug-likeness (QED) is 0.436. The summed E-state index contributed by atoms with van der Waals surface area (Å²) in [7, 11) is -4.22. The second kappa shape index (κ2) is 10.4. The van der Waals surface area contributed by atoms with Crippen molar-refractivity contribution in [3.63, 3.8) is 0 Å². The number of piperidine rings is 1. The van der Waals surface area contributed by atoms with E-state index in [1.807, 2.05) is 0 Å². The zero-order chi connectivity index (χ0) is 25.1. The second-order valence-corrected chi connectivity index (χ2v) is 10.6. The van der Waals surface area contributed by atoms with Crippen LogP contribution in [0.2, 0.25) is 0 Å². The number of unbranched alkanes of at least 4 members (excludes halogenated alkanes) is 1. The molecule has 2 N–H and O–H groups in total. The number of aromatic nitrogens is 2. The maximum absolute atomic E-state index is 13.3. The minimum Gasteiger partial charge on any atom is -0.351 e. The number of halogens is 3. The average Bonchev–Trinajstić information content (AvgIpc) is 3.28. The summed E-state index contributed by atoms with van der Waals surface area (Å²) < 4.78 is 66.8. The molecule has 3 aromatic rings. The summed E-state index contributed by atoms with van der Waals surface area (Å²) in [6.07, 6.45) is 2.34. The number of alkyl halides is 3. The van der Waals surface area contributed by atoms with Gasteiger partial charge in [0.1, 0.15) is 5.69 Å². The standard InChI is InChI=1S/C24H27F3N4O3S/c25-24(26,27)19-6-1-2-7-22(19)35(33,34)31-13-9-17(10-14-31)5-3-4-11-29-23(32)21-15-18-16-28-12-8-20(18)30-21/h1-2,6-8,12,15-17,30H,3-5,9-11,13-14H2,(H,29,32). The Bertz CT molecular complexity index is 1250. The van der Waals surface area contributed by atoms with Crippen LogP contribution in [0.15, 0.2) is 53.7 Å². The Labute approximate surface area is 201 Å². The Balaban J connectivity index is 1.21. The zero-order valence-corrected chi connectivity index (χ0v) is 19.8. The Hall–Kier alpha value is -2.92. The number of carbonyl (C=O) groups is 1. The van der Waals surface area contributed by atoms with Gasteiger partial charge in [-0.1, -0.05) is 25.0 Å². The number of nitrogens with zero attached hydrogens (tertiary/aromatic N) is 2. The van der Waals surface area contributed by atoms with E-state index in [0.717, 1.165) is 46.6 Å². The molecule has 1 amide bonds. The molecule has 0 atom stereocenters. The van der Waals surface area contributed by atoms with Crippen LogP contribution < -0.4 is 5.32 Å². The number of pyridine rings is 1. The van der Waals surface area contributed by atoms with Crippen LogP contribution in [0.3, 0.4) is 0 Å². The van der Waals surface area contributed by atoms with E-state index >= 15 is 0 Å². The Morgan fingerprint density at radius 2 is 1.89 bits per heavy atom. The van der Waals surface area contributed by atoms with Crippen molar-refractivity contribution < 1.29 is 26.4 Å². The summed E-state index contributed by atoms with van der Waals surface area (Å²) in [5.74, 6) is 0.120. The number of fused-ring (bicyclic) bond motifs is 1. The van der Waals surface area contributed by atoms with Gasteiger partial charge in [0.2, 0.25) is 10.0 Å². The number of carbonyl (C=O) groups excluding carboxylic acids is 1. The van der Waals surface area contributed by atoms with E-state index < -0.39 is 26.7 Å². The van der Waals surface area contributed by atoms with Crippen LogP contribution >= 0.6 is 0 Å². The molecule has 188 valence electrons. The molecule has 0 aliphatic carbocycles. The maximum atomic E-state index is 13.3. The highest BCUT2D eigenvalue weighted by Crippen LogP contribution is 2.36. The van der Waals surface area contributed by atoms with Crippen molar-refractivity contribution in [2.75, 3.05) is 19.6 Å². The number of rotatable bonds is 8. The van der Waals surface area contributed by atoms with Crippen LogP contribution in [0.1, 0.15) is 48.2 Å². The van der Waals surface area contributed by atoms with Crippen molar-refractivity contribution in [3.05, 3.63) is 60.0 Å². The molecule has 0 bridgehead atoms. The first kappa shape index (κ1) is 25.2. The molecule has 1 aliphatic rings. The van der Waals surface area contributed by atoms with Crippen molar-refractivity contribution in [2.24, 2.45) is 5.92 Å². The van der Waals surface area contributed by atoms with Crippen molar-refractivity contribution >= 4 is 26.8 Å². The first-order valence-electron chi connectivity index (χ1n) is 11.5. The molecule has 1 fully saturated rings. The number of hydrogen-bond donors (Lipinski definition) is 2. The van der Waals surface area contributed by atoms with E-state index in [-0.39, 0.29) is 19.0 Å². The van der Waals surface area contributed by atoms with Gasteiger partial charge in [-0.25, -0.2) is 8.42 Å². The molecule has 0 unspecified atom stereocenters. The van der Waals surface area contributed by atoms with Gasteiger partial charge in [-0.3, -0.25) is 9.78 Å². The number of hydrogen-bond acceptors (Lipinski definition) is 4. The van der Waals surface area contributed by atoms with Crippen LogP contribution in [0.4, 0.5) is 13.2 Å². The monoisotopic (exact) mass is 508 g/mol. The largest absolute Gasteiger partial charge is 0.417 e. The highest BCUT2D eigenvalue weighted by Gasteiger charge is 2.39. The normalized spacial score (nSPS) is 16.0. The average molecular weight is 509 g/mol. The highest BCUT2D eigenvalue weighted by atomic mass is 32.2. The lowest BCUT2D eigenvalue weighted by atomic mass is 9.92. The summed E-state index contributed by atoms with van der Waals surface area (Å²) in [6, 6.07) is 7.88. The zero-order valence-electron chi connectivity index (χ0n) is 19.0. The predicted octanol–water partition coefficient (Wildman–Crippen LogP) is 4.58. The molecule has 1 saturated heterocycles. The molecule has 0 spiro atoms. The number of nitrogens with one attached hydrogen (secondary N) is 2. The van der Waals surface area contributed by atoms with Gasteiger partial charge in [0.15, 0.2) is 0 Å². The summed E-state index contributed by atoms with van der Waals surface area (Å²) in [5, 5.41) is 3.76. The van der Waals surface area contributed by atoms with Crippen LogP contribution in [-0.4, -0.2) is 48.2 Å². The third-order valence-electron chi connectivity index (χ3n) is 6.37. The number of sulfonamides is 1. The van der Waals surface area contributed by atoms with Crippen LogP contribution in [0.5, 0.6) is 0 Å². The van der Waals surface area contributed by atoms with E-state index in [9.17, 15) is 26.4 Å². The van der Waals surface area contributed by atoms with Gasteiger partial charge in [0.25, 0.3) is 5.91 Å². The van der Waals surface area contributed by atoms with E-state index in [2.05, 4.69) is 15.3 Å². The van der Waals surface area contributed by atoms with E-state index in [4.69, 9.17) is 0 Å². The molecule has 7 nitrogen and oxygen atoms in total. The molecule has 35 heavy (non-hydrogen) atoms. The SMILES string of the molecule is O=C(NCCCCC1CCN(S(=O)(=O)c2ccccc2C(F)(F)F)CC1)c1cc2cnccc2[nH]1. The molecule has 0 saturated carbocycles. The summed E-state index contributed by atoms with van der Waals surface area (Å²) in [4.78, 5) is 18.7. The molecule has 2 aromatic heterocycles. The van der Waals surface area contributed by atoms with Crippen molar-refractivity contribution in [2.45, 2.75) is 43.2 Å². The second-order valence-electron chi connectivity index (χ2n) is 8.74. The van der Waals surface area contributed by atoms with Crippen molar-refractivity contribution in [1.29, 1.82) is 0 Å². The van der Waals surface area contributed by atoms with E-state index in [0.29, 0.717) is 31.0 Å². The minimum absolute atomic E-state index is 0.182. The van der Waals surface area contributed by atoms with Crippen molar-refractivity contribution in [1.82, 2.24) is 19.6 Å². The smallest absolute Gasteiger partial charge is 0.351 e. The number of amides is 1. The highest BCUT2D eigenvalue weighted by molar-refractivity contribution is 7.89. The summed E-state index contributed by atoms with van der Waals surface area (Å²) >= 11 is 0. The predicted molar refractivity (Wildman–Crippen MR) is 125 cm³/mol. The Morgan fingerprint density at radius 1 is 1.14 bits per heavy atom. The van der Waals surface area contributed by atoms with Gasteiger partial charge in [-0.2, -0.15) is 17.5 Å². The fraction of sp³-hybridized carbons (Fsp3) is 0.417. The van der Waals surface area contributed by atoms with Crippen LogP contribution in [-0.2, 0) is 16.2 Å². The third kappa shape index (κ3) is 5.84. The molecular weight excluding hydrogens is 481 g/mol. The Kier molecular flexibility index (Phi) is 7.46. The first-order chi connectivity index (χ1) is 16.7. The molecule has 0 radical (unpaired) electrons. The van der Waals surface area contributed by atoms with Crippen LogP contribution in [0.25, 0.3) is 10.9 Å². The van der Waals surface area contributed by atoms with Gasteiger partial charge in [-0.05, 0) is 49.4 Å². The molecule has 11 heteroatoms. The first-order valence-corrected chi connectivity index (χ1v) is 13.0. The molecule has 4 rings (SSSR count). The third-order valence-corrected chi connectivity index (χ3v) is 8.33. The molecule has 3 heterocycles. The molecular formula is C24H27F3N4O3S. The summed E-state index contributed by atoms with van der Waals surface area (Å²) in [5.41, 5.74) is 0.197. The fourth-order valence-corrected chi connectivity index (χ4v) is 6.13. The van der Waals surface area contributed by atoms with Gasteiger partial charge in [0.05, 0.1) is 10.5 Å². The van der Waals surface area contributed by atoms with E-state index in [1.165, 1.54) is 12.1 Å². The molecule has 1 aromatic carbocycles.